The Labute approximate surface area is 60.4 Å². The highest BCUT2D eigenvalue weighted by molar-refractivity contribution is 5.18. The van der Waals surface area contributed by atoms with Gasteiger partial charge in [0.25, 0.3) is 0 Å². The maximum Gasteiger partial charge on any atom is 0.00505 e. The van der Waals surface area contributed by atoms with Crippen LogP contribution in [0.2, 0.25) is 0 Å². The Morgan fingerprint density at radius 3 is 2.80 bits per heavy atom. The predicted octanol–water partition coefficient (Wildman–Crippen LogP) is 1.22. The third-order valence-electron chi connectivity index (χ3n) is 2.27. The van der Waals surface area contributed by atoms with E-state index in [0.717, 1.165) is 18.8 Å². The Bertz CT molecular complexity index is 197. The molecule has 2 nitrogen and oxygen atoms in total. The van der Waals surface area contributed by atoms with Crippen molar-refractivity contribution in [1.82, 2.24) is 4.98 Å². The Morgan fingerprint density at radius 2 is 2.30 bits per heavy atom. The first-order valence-corrected chi connectivity index (χ1v) is 3.74. The summed E-state index contributed by atoms with van der Waals surface area (Å²) in [7, 11) is 0. The summed E-state index contributed by atoms with van der Waals surface area (Å²) in [5.41, 5.74) is 7.08. The van der Waals surface area contributed by atoms with Gasteiger partial charge in [0.15, 0.2) is 0 Å². The van der Waals surface area contributed by atoms with E-state index in [2.05, 4.69) is 17.2 Å². The predicted molar refractivity (Wildman–Crippen MR) is 40.7 cm³/mol. The monoisotopic (exact) mass is 136 g/mol. The van der Waals surface area contributed by atoms with E-state index in [-0.39, 0.29) is 0 Å². The fraction of sp³-hybridized carbons (Fsp3) is 0.500. The van der Waals surface area contributed by atoms with E-state index in [1.807, 2.05) is 6.20 Å². The number of nitrogens with two attached hydrogens (primary N) is 1. The van der Waals surface area contributed by atoms with E-state index >= 15 is 0 Å². The van der Waals surface area contributed by atoms with E-state index in [4.69, 9.17) is 5.73 Å². The maximum absolute atomic E-state index is 5.66. The van der Waals surface area contributed by atoms with Gasteiger partial charge < -0.3 is 10.7 Å². The van der Waals surface area contributed by atoms with E-state index in [1.54, 1.807) is 0 Å². The van der Waals surface area contributed by atoms with Gasteiger partial charge in [0, 0.05) is 18.4 Å². The highest BCUT2D eigenvalue weighted by atomic mass is 14.7. The van der Waals surface area contributed by atoms with Crippen molar-refractivity contribution in [3.63, 3.8) is 0 Å². The molecule has 1 aliphatic carbocycles. The van der Waals surface area contributed by atoms with E-state index in [0.29, 0.717) is 6.04 Å². The molecule has 54 valence electrons. The van der Waals surface area contributed by atoms with Gasteiger partial charge in [-0.1, -0.05) is 0 Å². The fourth-order valence-electron chi connectivity index (χ4n) is 1.52. The van der Waals surface area contributed by atoms with Crippen LogP contribution in [0.1, 0.15) is 24.3 Å². The largest absolute Gasteiger partial charge is 0.367 e. The van der Waals surface area contributed by atoms with Gasteiger partial charge in [-0.2, -0.15) is 0 Å². The van der Waals surface area contributed by atoms with E-state index in [1.165, 1.54) is 5.56 Å². The van der Waals surface area contributed by atoms with Crippen LogP contribution in [-0.4, -0.2) is 11.0 Å². The lowest BCUT2D eigenvalue weighted by Crippen LogP contribution is -2.34. The quantitative estimate of drug-likeness (QED) is 0.598. The van der Waals surface area contributed by atoms with Gasteiger partial charge in [0.2, 0.25) is 0 Å². The van der Waals surface area contributed by atoms with Gasteiger partial charge in [-0.05, 0) is 30.4 Å². The van der Waals surface area contributed by atoms with Crippen molar-refractivity contribution in [1.29, 1.82) is 0 Å². The van der Waals surface area contributed by atoms with Crippen molar-refractivity contribution in [2.45, 2.75) is 24.8 Å². The van der Waals surface area contributed by atoms with Crippen LogP contribution in [-0.2, 0) is 0 Å². The van der Waals surface area contributed by atoms with Crippen LogP contribution in [0.3, 0.4) is 0 Å². The summed E-state index contributed by atoms with van der Waals surface area (Å²) >= 11 is 0. The van der Waals surface area contributed by atoms with Crippen LogP contribution < -0.4 is 5.73 Å². The maximum atomic E-state index is 5.66. The van der Waals surface area contributed by atoms with Gasteiger partial charge in [-0.15, -0.1) is 0 Å². The zero-order valence-electron chi connectivity index (χ0n) is 5.88. The highest BCUT2D eigenvalue weighted by Gasteiger charge is 2.26. The molecule has 0 unspecified atom stereocenters. The Morgan fingerprint density at radius 1 is 1.50 bits per heavy atom. The summed E-state index contributed by atoms with van der Waals surface area (Å²) in [5, 5.41) is 0. The molecule has 3 N–H and O–H groups in total. The number of hydrogen-bond acceptors (Lipinski definition) is 1. The van der Waals surface area contributed by atoms with Crippen LogP contribution in [0.4, 0.5) is 0 Å². The molecule has 10 heavy (non-hydrogen) atoms. The number of nitrogens with one attached hydrogen (secondary N) is 1. The van der Waals surface area contributed by atoms with Crippen molar-refractivity contribution < 1.29 is 0 Å². The molecular weight excluding hydrogens is 124 g/mol. The van der Waals surface area contributed by atoms with Gasteiger partial charge in [-0.25, -0.2) is 0 Å². The molecule has 1 heterocycles. The van der Waals surface area contributed by atoms with Crippen molar-refractivity contribution >= 4 is 0 Å². The van der Waals surface area contributed by atoms with E-state index < -0.39 is 0 Å². The molecule has 0 radical (unpaired) electrons. The lowest BCUT2D eigenvalue weighted by atomic mass is 9.77. The van der Waals surface area contributed by atoms with Crippen molar-refractivity contribution in [2.75, 3.05) is 0 Å². The third kappa shape index (κ3) is 0.847. The molecule has 0 aliphatic heterocycles. The number of H-pyrrole nitrogens is 1. The standard InChI is InChI=1S/C8H12N2/c9-8-3-7(4-8)6-1-2-10-5-6/h1-2,5,7-8,10H,3-4,9H2. The summed E-state index contributed by atoms with van der Waals surface area (Å²) in [6.45, 7) is 0. The first kappa shape index (κ1) is 5.98. The zero-order valence-corrected chi connectivity index (χ0v) is 5.88. The van der Waals surface area contributed by atoms with Gasteiger partial charge in [-0.3, -0.25) is 0 Å². The zero-order chi connectivity index (χ0) is 6.97. The van der Waals surface area contributed by atoms with Crippen LogP contribution in [0, 0.1) is 0 Å². The molecule has 0 amide bonds. The minimum absolute atomic E-state index is 0.458. The molecule has 2 heteroatoms. The molecular formula is C8H12N2. The summed E-state index contributed by atoms with van der Waals surface area (Å²) in [6.07, 6.45) is 6.37. The second-order valence-corrected chi connectivity index (χ2v) is 3.07. The van der Waals surface area contributed by atoms with Gasteiger partial charge in [0.1, 0.15) is 0 Å². The highest BCUT2D eigenvalue weighted by Crippen LogP contribution is 2.34. The average Bonchev–Trinajstić information content (AvgIpc) is 2.31. The molecule has 1 aromatic heterocycles. The first-order chi connectivity index (χ1) is 4.86. The number of aromatic nitrogens is 1. The van der Waals surface area contributed by atoms with Gasteiger partial charge >= 0.3 is 0 Å². The summed E-state index contributed by atoms with van der Waals surface area (Å²) in [5.74, 6) is 0.737. The lowest BCUT2D eigenvalue weighted by Gasteiger charge is -2.31. The molecule has 0 atom stereocenters. The number of aromatic amines is 1. The second kappa shape index (κ2) is 2.13. The first-order valence-electron chi connectivity index (χ1n) is 3.74. The minimum Gasteiger partial charge on any atom is -0.367 e. The topological polar surface area (TPSA) is 41.8 Å². The summed E-state index contributed by atoms with van der Waals surface area (Å²) < 4.78 is 0. The third-order valence-corrected chi connectivity index (χ3v) is 2.27. The van der Waals surface area contributed by atoms with Gasteiger partial charge in [0.05, 0.1) is 0 Å². The van der Waals surface area contributed by atoms with E-state index in [9.17, 15) is 0 Å². The number of hydrogen-bond donors (Lipinski definition) is 2. The lowest BCUT2D eigenvalue weighted by molar-refractivity contribution is 0.352. The van der Waals surface area contributed by atoms with Crippen LogP contribution in [0.5, 0.6) is 0 Å². The van der Waals surface area contributed by atoms with Crippen LogP contribution in [0.25, 0.3) is 0 Å². The van der Waals surface area contributed by atoms with Crippen molar-refractivity contribution in [3.05, 3.63) is 24.0 Å². The molecule has 1 aromatic rings. The molecule has 2 rings (SSSR count). The molecule has 1 aliphatic rings. The Kier molecular flexibility index (Phi) is 1.27. The summed E-state index contributed by atoms with van der Waals surface area (Å²) in [6, 6.07) is 2.59. The molecule has 0 spiro atoms. The van der Waals surface area contributed by atoms with Crippen LogP contribution in [0.15, 0.2) is 18.5 Å². The Balaban J connectivity index is 2.04. The Hall–Kier alpha value is -0.760. The molecule has 0 saturated heterocycles. The SMILES string of the molecule is NC1CC(c2cc[nH]c2)C1. The molecule has 0 bridgehead atoms. The second-order valence-electron chi connectivity index (χ2n) is 3.07. The number of rotatable bonds is 1. The summed E-state index contributed by atoms with van der Waals surface area (Å²) in [4.78, 5) is 3.05. The minimum atomic E-state index is 0.458. The molecule has 1 fully saturated rings. The fourth-order valence-corrected chi connectivity index (χ4v) is 1.52. The molecule has 1 saturated carbocycles. The smallest absolute Gasteiger partial charge is 0.00505 e. The van der Waals surface area contributed by atoms with Crippen molar-refractivity contribution in [2.24, 2.45) is 5.73 Å². The van der Waals surface area contributed by atoms with Crippen molar-refractivity contribution in [3.8, 4) is 0 Å². The molecule has 0 aromatic carbocycles. The van der Waals surface area contributed by atoms with Crippen LogP contribution >= 0.6 is 0 Å². The normalized spacial score (nSPS) is 31.7. The average molecular weight is 136 g/mol.